The molecule has 2 aromatic heterocycles. The van der Waals surface area contributed by atoms with Gasteiger partial charge in [0.2, 0.25) is 0 Å². The average molecular weight is 316 g/mol. The van der Waals surface area contributed by atoms with Crippen LogP contribution in [0.5, 0.6) is 5.75 Å². The van der Waals surface area contributed by atoms with Crippen LogP contribution in [0.4, 0.5) is 0 Å². The number of thiophene rings is 1. The highest BCUT2D eigenvalue weighted by Crippen LogP contribution is 2.21. The summed E-state index contributed by atoms with van der Waals surface area (Å²) in [6, 6.07) is 8.87. The second-order valence-corrected chi connectivity index (χ2v) is 5.72. The zero-order chi connectivity index (χ0) is 15.7. The van der Waals surface area contributed by atoms with Crippen molar-refractivity contribution in [3.63, 3.8) is 0 Å². The van der Waals surface area contributed by atoms with Crippen molar-refractivity contribution in [2.75, 3.05) is 7.11 Å². The Morgan fingerprint density at radius 3 is 2.73 bits per heavy atom. The third-order valence-corrected chi connectivity index (χ3v) is 4.28. The predicted molar refractivity (Wildman–Crippen MR) is 83.0 cm³/mol. The molecule has 2 heterocycles. The van der Waals surface area contributed by atoms with Crippen LogP contribution in [0.1, 0.15) is 21.1 Å². The lowest BCUT2D eigenvalue weighted by Crippen LogP contribution is -2.10. The lowest BCUT2D eigenvalue weighted by molar-refractivity contribution is 0.0702. The van der Waals surface area contributed by atoms with Crippen LogP contribution in [0.15, 0.2) is 35.1 Å². The maximum absolute atomic E-state index is 12.0. The quantitative estimate of drug-likeness (QED) is 0.770. The third-order valence-electron chi connectivity index (χ3n) is 3.17. The number of hydrogen-bond acceptors (Lipinski definition) is 5. The largest absolute Gasteiger partial charge is 0.497 e. The predicted octanol–water partition coefficient (Wildman–Crippen LogP) is 2.28. The normalized spacial score (nSPS) is 10.8. The number of carboxylic acid groups (broad SMARTS) is 1. The molecule has 0 amide bonds. The first-order chi connectivity index (χ1) is 10.6. The van der Waals surface area contributed by atoms with Gasteiger partial charge in [-0.15, -0.1) is 11.3 Å². The fourth-order valence-electron chi connectivity index (χ4n) is 2.11. The minimum Gasteiger partial charge on any atom is -0.497 e. The topological polar surface area (TPSA) is 92.3 Å². The standard InChI is InChI=1S/C15H12N2O4S/c1-21-9-4-2-8(3-5-9)6-12-16-10-7-11(15(19)20)22-13(10)14(18)17-12/h2-5,7H,6H2,1H3,(H,19,20)(H,16,17,18). The molecule has 22 heavy (non-hydrogen) atoms. The summed E-state index contributed by atoms with van der Waals surface area (Å²) in [4.78, 5) is 30.1. The Morgan fingerprint density at radius 2 is 2.09 bits per heavy atom. The molecular formula is C15H12N2O4S. The maximum atomic E-state index is 12.0. The Labute approximate surface area is 129 Å². The van der Waals surface area contributed by atoms with E-state index in [9.17, 15) is 9.59 Å². The van der Waals surface area contributed by atoms with Crippen molar-refractivity contribution in [2.24, 2.45) is 0 Å². The molecule has 0 bridgehead atoms. The van der Waals surface area contributed by atoms with Crippen molar-refractivity contribution < 1.29 is 14.6 Å². The van der Waals surface area contributed by atoms with E-state index < -0.39 is 5.97 Å². The number of rotatable bonds is 4. The van der Waals surface area contributed by atoms with Crippen molar-refractivity contribution in [2.45, 2.75) is 6.42 Å². The second kappa shape index (κ2) is 5.61. The van der Waals surface area contributed by atoms with Crippen molar-refractivity contribution >= 4 is 27.5 Å². The first kappa shape index (κ1) is 14.3. The first-order valence-corrected chi connectivity index (χ1v) is 7.27. The summed E-state index contributed by atoms with van der Waals surface area (Å²) in [6.45, 7) is 0. The molecule has 0 saturated heterocycles. The number of aromatic amines is 1. The number of carboxylic acids is 1. The van der Waals surface area contributed by atoms with Crippen LogP contribution in [-0.2, 0) is 6.42 Å². The summed E-state index contributed by atoms with van der Waals surface area (Å²) in [5.41, 5.74) is 1.07. The Hall–Kier alpha value is -2.67. The maximum Gasteiger partial charge on any atom is 0.345 e. The van der Waals surface area contributed by atoms with E-state index in [-0.39, 0.29) is 10.4 Å². The fourth-order valence-corrected chi connectivity index (χ4v) is 2.94. The molecule has 0 radical (unpaired) electrons. The van der Waals surface area contributed by atoms with Crippen molar-refractivity contribution in [3.8, 4) is 5.75 Å². The Balaban J connectivity index is 1.96. The number of H-pyrrole nitrogens is 1. The third kappa shape index (κ3) is 2.71. The van der Waals surface area contributed by atoms with Gasteiger partial charge in [-0.25, -0.2) is 9.78 Å². The van der Waals surface area contributed by atoms with E-state index in [1.807, 2.05) is 24.3 Å². The minimum absolute atomic E-state index is 0.106. The highest BCUT2D eigenvalue weighted by atomic mass is 32.1. The fraction of sp³-hybridized carbons (Fsp3) is 0.133. The summed E-state index contributed by atoms with van der Waals surface area (Å²) in [5.74, 6) is 0.195. The van der Waals surface area contributed by atoms with Gasteiger partial charge >= 0.3 is 5.97 Å². The van der Waals surface area contributed by atoms with Gasteiger partial charge in [-0.3, -0.25) is 4.79 Å². The molecule has 2 N–H and O–H groups in total. The number of hydrogen-bond donors (Lipinski definition) is 2. The first-order valence-electron chi connectivity index (χ1n) is 6.46. The molecule has 112 valence electrons. The highest BCUT2D eigenvalue weighted by molar-refractivity contribution is 7.20. The summed E-state index contributed by atoms with van der Waals surface area (Å²) in [7, 11) is 1.60. The van der Waals surface area contributed by atoms with E-state index in [2.05, 4.69) is 9.97 Å². The zero-order valence-electron chi connectivity index (χ0n) is 11.6. The summed E-state index contributed by atoms with van der Waals surface area (Å²) in [5, 5.41) is 8.99. The molecule has 0 aliphatic carbocycles. The number of methoxy groups -OCH3 is 1. The lowest BCUT2D eigenvalue weighted by atomic mass is 10.1. The van der Waals surface area contributed by atoms with Gasteiger partial charge in [-0.1, -0.05) is 12.1 Å². The smallest absolute Gasteiger partial charge is 0.345 e. The second-order valence-electron chi connectivity index (χ2n) is 4.67. The van der Waals surface area contributed by atoms with Gasteiger partial charge in [0, 0.05) is 6.42 Å². The van der Waals surface area contributed by atoms with E-state index in [1.165, 1.54) is 6.07 Å². The number of fused-ring (bicyclic) bond motifs is 1. The van der Waals surface area contributed by atoms with Crippen LogP contribution in [0.3, 0.4) is 0 Å². The summed E-state index contributed by atoms with van der Waals surface area (Å²) >= 11 is 0.930. The van der Waals surface area contributed by atoms with Gasteiger partial charge in [0.05, 0.1) is 12.6 Å². The van der Waals surface area contributed by atoms with Crippen LogP contribution in [0.2, 0.25) is 0 Å². The Morgan fingerprint density at radius 1 is 1.36 bits per heavy atom. The van der Waals surface area contributed by atoms with Gasteiger partial charge in [0.15, 0.2) is 0 Å². The molecule has 0 spiro atoms. The Bertz CT molecular complexity index is 896. The van der Waals surface area contributed by atoms with Crippen LogP contribution < -0.4 is 10.3 Å². The van der Waals surface area contributed by atoms with Gasteiger partial charge in [-0.2, -0.15) is 0 Å². The lowest BCUT2D eigenvalue weighted by Gasteiger charge is -2.03. The number of aromatic nitrogens is 2. The van der Waals surface area contributed by atoms with E-state index in [1.54, 1.807) is 7.11 Å². The number of aromatic carboxylic acids is 1. The molecule has 1 aromatic carbocycles. The highest BCUT2D eigenvalue weighted by Gasteiger charge is 2.13. The SMILES string of the molecule is COc1ccc(Cc2nc3cc(C(=O)O)sc3c(=O)[nH]2)cc1. The van der Waals surface area contributed by atoms with Crippen LogP contribution in [0.25, 0.3) is 10.2 Å². The number of nitrogens with one attached hydrogen (secondary N) is 1. The molecular weight excluding hydrogens is 304 g/mol. The van der Waals surface area contributed by atoms with Crippen LogP contribution >= 0.6 is 11.3 Å². The molecule has 3 aromatic rings. The van der Waals surface area contributed by atoms with Crippen molar-refractivity contribution in [1.29, 1.82) is 0 Å². The van der Waals surface area contributed by atoms with Crippen LogP contribution in [-0.4, -0.2) is 28.2 Å². The summed E-state index contributed by atoms with van der Waals surface area (Å²) in [6.07, 6.45) is 0.452. The van der Waals surface area contributed by atoms with Crippen molar-refractivity contribution in [1.82, 2.24) is 9.97 Å². The molecule has 7 heteroatoms. The van der Waals surface area contributed by atoms with E-state index in [0.717, 1.165) is 22.6 Å². The molecule has 0 saturated carbocycles. The number of nitrogens with zero attached hydrogens (tertiary/aromatic N) is 1. The molecule has 0 fully saturated rings. The molecule has 0 atom stereocenters. The zero-order valence-corrected chi connectivity index (χ0v) is 12.4. The summed E-state index contributed by atoms with van der Waals surface area (Å²) < 4.78 is 5.42. The molecule has 3 rings (SSSR count). The van der Waals surface area contributed by atoms with E-state index in [0.29, 0.717) is 22.5 Å². The Kier molecular flexibility index (Phi) is 3.64. The van der Waals surface area contributed by atoms with Gasteiger partial charge in [-0.05, 0) is 23.8 Å². The van der Waals surface area contributed by atoms with E-state index in [4.69, 9.17) is 9.84 Å². The molecule has 0 aliphatic heterocycles. The van der Waals surface area contributed by atoms with E-state index >= 15 is 0 Å². The van der Waals surface area contributed by atoms with Crippen molar-refractivity contribution in [3.05, 3.63) is 57.0 Å². The van der Waals surface area contributed by atoms with Gasteiger partial charge < -0.3 is 14.8 Å². The minimum atomic E-state index is -1.06. The number of ether oxygens (including phenoxy) is 1. The number of benzene rings is 1. The van der Waals surface area contributed by atoms with Crippen LogP contribution in [0, 0.1) is 0 Å². The number of carbonyl (C=O) groups is 1. The monoisotopic (exact) mass is 316 g/mol. The van der Waals surface area contributed by atoms with Gasteiger partial charge in [0.25, 0.3) is 5.56 Å². The van der Waals surface area contributed by atoms with Gasteiger partial charge in [0.1, 0.15) is 21.2 Å². The average Bonchev–Trinajstić information content (AvgIpc) is 2.93. The molecule has 0 aliphatic rings. The molecule has 6 nitrogen and oxygen atoms in total. The molecule has 0 unspecified atom stereocenters.